The molecule has 0 radical (unpaired) electrons. The summed E-state index contributed by atoms with van der Waals surface area (Å²) < 4.78 is 1.75. The topological polar surface area (TPSA) is 68.8 Å². The highest BCUT2D eigenvalue weighted by Crippen LogP contribution is 2.13. The van der Waals surface area contributed by atoms with Crippen molar-refractivity contribution in [2.24, 2.45) is 5.84 Å². The smallest absolute Gasteiger partial charge is 0.155 e. The van der Waals surface area contributed by atoms with E-state index in [-0.39, 0.29) is 0 Å². The molecule has 2 aromatic rings. The second-order valence-corrected chi connectivity index (χ2v) is 3.87. The number of hydrazine groups is 1. The number of aromatic nitrogens is 3. The molecule has 0 amide bonds. The van der Waals surface area contributed by atoms with E-state index in [4.69, 9.17) is 5.84 Å². The van der Waals surface area contributed by atoms with Gasteiger partial charge in [0, 0.05) is 6.20 Å². The summed E-state index contributed by atoms with van der Waals surface area (Å²) in [5.74, 6) is 7.10. The summed E-state index contributed by atoms with van der Waals surface area (Å²) in [6, 6.07) is 7.57. The Morgan fingerprint density at radius 1 is 1.31 bits per heavy atom. The SMILES string of the molecule is CC(C)c1ccn(-c2cccc(NN)n2)n1. The first kappa shape index (κ1) is 10.6. The second-order valence-electron chi connectivity index (χ2n) is 3.87. The molecule has 5 heteroatoms. The van der Waals surface area contributed by atoms with Crippen molar-refractivity contribution in [3.8, 4) is 5.82 Å². The zero-order chi connectivity index (χ0) is 11.5. The molecular weight excluding hydrogens is 202 g/mol. The van der Waals surface area contributed by atoms with Crippen molar-refractivity contribution in [3.63, 3.8) is 0 Å². The fourth-order valence-corrected chi connectivity index (χ4v) is 1.40. The molecule has 0 aliphatic rings. The number of pyridine rings is 1. The molecule has 0 aliphatic heterocycles. The zero-order valence-electron chi connectivity index (χ0n) is 9.38. The van der Waals surface area contributed by atoms with Crippen LogP contribution < -0.4 is 11.3 Å². The summed E-state index contributed by atoms with van der Waals surface area (Å²) in [6.45, 7) is 4.22. The Labute approximate surface area is 94.3 Å². The van der Waals surface area contributed by atoms with E-state index in [1.54, 1.807) is 10.7 Å². The van der Waals surface area contributed by atoms with Crippen LogP contribution in [0, 0.1) is 0 Å². The van der Waals surface area contributed by atoms with E-state index in [0.717, 1.165) is 11.5 Å². The summed E-state index contributed by atoms with van der Waals surface area (Å²) in [7, 11) is 0. The van der Waals surface area contributed by atoms with Crippen LogP contribution in [0.2, 0.25) is 0 Å². The normalized spacial score (nSPS) is 10.8. The van der Waals surface area contributed by atoms with Crippen LogP contribution in [0.1, 0.15) is 25.5 Å². The third kappa shape index (κ3) is 2.04. The van der Waals surface area contributed by atoms with Crippen molar-refractivity contribution in [1.29, 1.82) is 0 Å². The molecular formula is C11H15N5. The van der Waals surface area contributed by atoms with E-state index in [0.29, 0.717) is 11.7 Å². The predicted octanol–water partition coefficient (Wildman–Crippen LogP) is 1.68. The fourth-order valence-electron chi connectivity index (χ4n) is 1.40. The first-order valence-corrected chi connectivity index (χ1v) is 5.20. The molecule has 0 spiro atoms. The van der Waals surface area contributed by atoms with E-state index in [1.807, 2.05) is 24.4 Å². The Bertz CT molecular complexity index is 475. The molecule has 2 aromatic heterocycles. The van der Waals surface area contributed by atoms with Gasteiger partial charge in [-0.15, -0.1) is 0 Å². The lowest BCUT2D eigenvalue weighted by Gasteiger charge is -2.03. The summed E-state index contributed by atoms with van der Waals surface area (Å²) in [6.07, 6.45) is 1.90. The van der Waals surface area contributed by atoms with Gasteiger partial charge in [-0.3, -0.25) is 0 Å². The number of nitrogens with two attached hydrogens (primary N) is 1. The van der Waals surface area contributed by atoms with Gasteiger partial charge in [-0.1, -0.05) is 19.9 Å². The maximum Gasteiger partial charge on any atom is 0.155 e. The Balaban J connectivity index is 2.34. The lowest BCUT2D eigenvalue weighted by molar-refractivity contribution is 0.758. The molecule has 84 valence electrons. The van der Waals surface area contributed by atoms with Crippen molar-refractivity contribution in [1.82, 2.24) is 14.8 Å². The molecule has 0 fully saturated rings. The van der Waals surface area contributed by atoms with E-state index < -0.39 is 0 Å². The monoisotopic (exact) mass is 217 g/mol. The molecule has 2 heterocycles. The van der Waals surface area contributed by atoms with Gasteiger partial charge in [0.05, 0.1) is 5.69 Å². The van der Waals surface area contributed by atoms with Gasteiger partial charge < -0.3 is 5.43 Å². The van der Waals surface area contributed by atoms with Crippen LogP contribution >= 0.6 is 0 Å². The molecule has 2 rings (SSSR count). The number of nitrogens with zero attached hydrogens (tertiary/aromatic N) is 3. The highest BCUT2D eigenvalue weighted by atomic mass is 15.3. The number of rotatable bonds is 3. The summed E-state index contributed by atoms with van der Waals surface area (Å²) in [5, 5.41) is 4.44. The van der Waals surface area contributed by atoms with Crippen LogP contribution in [0.4, 0.5) is 5.82 Å². The minimum Gasteiger partial charge on any atom is -0.308 e. The van der Waals surface area contributed by atoms with Crippen LogP contribution in [-0.2, 0) is 0 Å². The maximum absolute atomic E-state index is 5.31. The first-order chi connectivity index (χ1) is 7.70. The van der Waals surface area contributed by atoms with E-state index in [2.05, 4.69) is 29.4 Å². The zero-order valence-corrected chi connectivity index (χ0v) is 9.38. The van der Waals surface area contributed by atoms with E-state index >= 15 is 0 Å². The quantitative estimate of drug-likeness (QED) is 0.606. The number of hydrogen-bond acceptors (Lipinski definition) is 4. The lowest BCUT2D eigenvalue weighted by atomic mass is 10.1. The Kier molecular flexibility index (Phi) is 2.87. The molecule has 0 bridgehead atoms. The van der Waals surface area contributed by atoms with E-state index in [1.165, 1.54) is 0 Å². The van der Waals surface area contributed by atoms with Gasteiger partial charge in [0.25, 0.3) is 0 Å². The molecule has 0 aliphatic carbocycles. The number of nitrogens with one attached hydrogen (secondary N) is 1. The van der Waals surface area contributed by atoms with E-state index in [9.17, 15) is 0 Å². The van der Waals surface area contributed by atoms with Gasteiger partial charge in [0.1, 0.15) is 5.82 Å². The Hall–Kier alpha value is -1.88. The van der Waals surface area contributed by atoms with Gasteiger partial charge in [-0.05, 0) is 24.1 Å². The van der Waals surface area contributed by atoms with Crippen LogP contribution in [0.15, 0.2) is 30.5 Å². The van der Waals surface area contributed by atoms with Crippen LogP contribution in [-0.4, -0.2) is 14.8 Å². The summed E-state index contributed by atoms with van der Waals surface area (Å²) in [5.41, 5.74) is 3.56. The van der Waals surface area contributed by atoms with Crippen molar-refractivity contribution < 1.29 is 0 Å². The largest absolute Gasteiger partial charge is 0.308 e. The van der Waals surface area contributed by atoms with Crippen molar-refractivity contribution in [3.05, 3.63) is 36.2 Å². The third-order valence-corrected chi connectivity index (χ3v) is 2.32. The highest BCUT2D eigenvalue weighted by Gasteiger charge is 2.05. The first-order valence-electron chi connectivity index (χ1n) is 5.20. The van der Waals surface area contributed by atoms with Gasteiger partial charge in [-0.2, -0.15) is 5.10 Å². The average Bonchev–Trinajstić information content (AvgIpc) is 2.78. The molecule has 5 nitrogen and oxygen atoms in total. The van der Waals surface area contributed by atoms with Crippen molar-refractivity contribution >= 4 is 5.82 Å². The minimum atomic E-state index is 0.414. The molecule has 0 atom stereocenters. The van der Waals surface area contributed by atoms with Gasteiger partial charge >= 0.3 is 0 Å². The average molecular weight is 217 g/mol. The second kappa shape index (κ2) is 4.32. The van der Waals surface area contributed by atoms with Crippen molar-refractivity contribution in [2.45, 2.75) is 19.8 Å². The highest BCUT2D eigenvalue weighted by molar-refractivity contribution is 5.38. The van der Waals surface area contributed by atoms with Crippen LogP contribution in [0.25, 0.3) is 5.82 Å². The lowest BCUT2D eigenvalue weighted by Crippen LogP contribution is -2.10. The summed E-state index contributed by atoms with van der Waals surface area (Å²) >= 11 is 0. The fraction of sp³-hybridized carbons (Fsp3) is 0.273. The molecule has 0 aromatic carbocycles. The standard InChI is InChI=1S/C11H15N5/c1-8(2)9-6-7-16(15-9)11-5-3-4-10(13-11)14-12/h3-8H,12H2,1-2H3,(H,13,14). The molecule has 0 saturated carbocycles. The van der Waals surface area contributed by atoms with Crippen LogP contribution in [0.5, 0.6) is 0 Å². The number of anilines is 1. The molecule has 3 N–H and O–H groups in total. The number of nitrogen functional groups attached to an aromatic ring is 1. The predicted molar refractivity (Wildman–Crippen MR) is 63.3 cm³/mol. The Morgan fingerprint density at radius 3 is 2.75 bits per heavy atom. The molecule has 0 unspecified atom stereocenters. The van der Waals surface area contributed by atoms with Gasteiger partial charge in [0.2, 0.25) is 0 Å². The molecule has 0 saturated heterocycles. The maximum atomic E-state index is 5.31. The summed E-state index contributed by atoms with van der Waals surface area (Å²) in [4.78, 5) is 4.30. The van der Waals surface area contributed by atoms with Crippen LogP contribution in [0.3, 0.4) is 0 Å². The Morgan fingerprint density at radius 2 is 2.12 bits per heavy atom. The third-order valence-electron chi connectivity index (χ3n) is 2.32. The van der Waals surface area contributed by atoms with Crippen molar-refractivity contribution in [2.75, 3.05) is 5.43 Å². The van der Waals surface area contributed by atoms with Gasteiger partial charge in [0.15, 0.2) is 5.82 Å². The minimum absolute atomic E-state index is 0.414. The molecule has 16 heavy (non-hydrogen) atoms. The van der Waals surface area contributed by atoms with Gasteiger partial charge in [-0.25, -0.2) is 15.5 Å². The number of hydrogen-bond donors (Lipinski definition) is 2.